The molecule has 1 amide bonds. The predicted octanol–water partition coefficient (Wildman–Crippen LogP) is 1.05. The average Bonchev–Trinajstić information content (AvgIpc) is 3.09. The van der Waals surface area contributed by atoms with E-state index in [1.165, 1.54) is 10.4 Å². The fraction of sp³-hybridized carbons (Fsp3) is 0.444. The van der Waals surface area contributed by atoms with E-state index in [0.717, 1.165) is 37.2 Å². The van der Waals surface area contributed by atoms with Crippen molar-refractivity contribution in [3.63, 3.8) is 0 Å². The van der Waals surface area contributed by atoms with Crippen molar-refractivity contribution in [2.24, 2.45) is 5.92 Å². The van der Waals surface area contributed by atoms with E-state index in [0.29, 0.717) is 18.7 Å². The molecule has 1 aromatic carbocycles. The molecule has 0 saturated heterocycles. The summed E-state index contributed by atoms with van der Waals surface area (Å²) in [6, 6.07) is 4.87. The van der Waals surface area contributed by atoms with Gasteiger partial charge in [0.1, 0.15) is 5.82 Å². The average molecular weight is 374 g/mol. The zero-order valence-electron chi connectivity index (χ0n) is 14.7. The lowest BCUT2D eigenvalue weighted by molar-refractivity contribution is 0.0945. The van der Waals surface area contributed by atoms with Gasteiger partial charge in [-0.15, -0.1) is 0 Å². The molecule has 8 heteroatoms. The summed E-state index contributed by atoms with van der Waals surface area (Å²) in [6.07, 6.45) is 6.25. The molecule has 1 unspecified atom stereocenters. The number of carbonyl (C=O) groups is 1. The Bertz CT molecular complexity index is 951. The molecule has 0 radical (unpaired) electrons. The summed E-state index contributed by atoms with van der Waals surface area (Å²) >= 11 is 0. The van der Waals surface area contributed by atoms with E-state index in [2.05, 4.69) is 14.9 Å². The van der Waals surface area contributed by atoms with Crippen LogP contribution in [0.4, 0.5) is 0 Å². The minimum absolute atomic E-state index is 0.176. The summed E-state index contributed by atoms with van der Waals surface area (Å²) < 4.78 is 29.4. The smallest absolute Gasteiger partial charge is 0.251 e. The van der Waals surface area contributed by atoms with Crippen molar-refractivity contribution in [3.05, 3.63) is 47.5 Å². The van der Waals surface area contributed by atoms with E-state index >= 15 is 0 Å². The second-order valence-electron chi connectivity index (χ2n) is 7.01. The number of sulfonamides is 1. The Kier molecular flexibility index (Phi) is 4.32. The van der Waals surface area contributed by atoms with Gasteiger partial charge in [0, 0.05) is 51.1 Å². The van der Waals surface area contributed by atoms with Gasteiger partial charge in [0.25, 0.3) is 5.91 Å². The maximum Gasteiger partial charge on any atom is 0.251 e. The molecule has 7 nitrogen and oxygen atoms in total. The largest absolute Gasteiger partial charge is 0.352 e. The molecule has 2 aliphatic rings. The first-order valence-electron chi connectivity index (χ1n) is 8.82. The second kappa shape index (κ2) is 6.51. The van der Waals surface area contributed by atoms with Crippen LogP contribution in [0.5, 0.6) is 0 Å². The quantitative estimate of drug-likeness (QED) is 0.867. The van der Waals surface area contributed by atoms with Crippen LogP contribution in [-0.4, -0.2) is 48.3 Å². The van der Waals surface area contributed by atoms with Gasteiger partial charge in [-0.05, 0) is 36.5 Å². The number of nitrogens with zero attached hydrogens (tertiary/aromatic N) is 3. The highest BCUT2D eigenvalue weighted by molar-refractivity contribution is 7.89. The van der Waals surface area contributed by atoms with Gasteiger partial charge in [-0.2, -0.15) is 0 Å². The monoisotopic (exact) mass is 374 g/mol. The summed E-state index contributed by atoms with van der Waals surface area (Å²) in [6.45, 7) is 1.82. The van der Waals surface area contributed by atoms with Crippen LogP contribution in [0, 0.1) is 5.92 Å². The number of hydrogen-bond acceptors (Lipinski definition) is 4. The van der Waals surface area contributed by atoms with E-state index in [9.17, 15) is 13.2 Å². The summed E-state index contributed by atoms with van der Waals surface area (Å²) in [5.74, 6) is 1.11. The fourth-order valence-electron chi connectivity index (χ4n) is 3.78. The SMILES string of the molecule is CN(CC1CCc2nccn2C1)S(=O)(=O)c1ccc2c(c1)C(=O)NCC2. The Hall–Kier alpha value is -2.19. The van der Waals surface area contributed by atoms with E-state index in [1.54, 1.807) is 25.4 Å². The van der Waals surface area contributed by atoms with Crippen LogP contribution in [0.1, 0.15) is 28.2 Å². The van der Waals surface area contributed by atoms with E-state index < -0.39 is 10.0 Å². The predicted molar refractivity (Wildman–Crippen MR) is 96.3 cm³/mol. The number of carbonyl (C=O) groups excluding carboxylic acids is 1. The van der Waals surface area contributed by atoms with Gasteiger partial charge >= 0.3 is 0 Å². The Morgan fingerprint density at radius 2 is 2.19 bits per heavy atom. The van der Waals surface area contributed by atoms with Crippen LogP contribution in [0.25, 0.3) is 0 Å². The first-order valence-corrected chi connectivity index (χ1v) is 10.3. The molecular formula is C18H22N4O3S. The van der Waals surface area contributed by atoms with Crippen LogP contribution in [0.2, 0.25) is 0 Å². The number of fused-ring (bicyclic) bond motifs is 2. The van der Waals surface area contributed by atoms with Gasteiger partial charge in [0.05, 0.1) is 4.90 Å². The van der Waals surface area contributed by atoms with E-state index in [4.69, 9.17) is 0 Å². The molecule has 3 heterocycles. The Morgan fingerprint density at radius 1 is 1.35 bits per heavy atom. The highest BCUT2D eigenvalue weighted by Gasteiger charge is 2.28. The topological polar surface area (TPSA) is 84.3 Å². The van der Waals surface area contributed by atoms with Crippen LogP contribution < -0.4 is 5.32 Å². The third kappa shape index (κ3) is 3.03. The molecule has 0 bridgehead atoms. The maximum absolute atomic E-state index is 13.0. The van der Waals surface area contributed by atoms with Gasteiger partial charge in [-0.25, -0.2) is 17.7 Å². The molecule has 1 aromatic heterocycles. The molecule has 0 saturated carbocycles. The third-order valence-electron chi connectivity index (χ3n) is 5.26. The molecule has 0 fully saturated rings. The number of aromatic nitrogens is 2. The normalized spacial score (nSPS) is 19.8. The first kappa shape index (κ1) is 17.2. The lowest BCUT2D eigenvalue weighted by Crippen LogP contribution is -2.36. The fourth-order valence-corrected chi connectivity index (χ4v) is 5.05. The number of hydrogen-bond donors (Lipinski definition) is 1. The summed E-state index contributed by atoms with van der Waals surface area (Å²) in [4.78, 5) is 16.5. The number of aryl methyl sites for hydroxylation is 1. The highest BCUT2D eigenvalue weighted by Crippen LogP contribution is 2.24. The van der Waals surface area contributed by atoms with Crippen LogP contribution >= 0.6 is 0 Å². The molecule has 4 rings (SSSR count). The highest BCUT2D eigenvalue weighted by atomic mass is 32.2. The second-order valence-corrected chi connectivity index (χ2v) is 9.06. The Morgan fingerprint density at radius 3 is 3.04 bits per heavy atom. The zero-order valence-corrected chi connectivity index (χ0v) is 15.5. The number of rotatable bonds is 4. The third-order valence-corrected chi connectivity index (χ3v) is 7.08. The van der Waals surface area contributed by atoms with Crippen molar-refractivity contribution in [2.45, 2.75) is 30.7 Å². The molecule has 2 aliphatic heterocycles. The molecular weight excluding hydrogens is 352 g/mol. The van der Waals surface area contributed by atoms with Crippen molar-refractivity contribution in [3.8, 4) is 0 Å². The minimum atomic E-state index is -3.63. The zero-order chi connectivity index (χ0) is 18.3. The Labute approximate surface area is 153 Å². The van der Waals surface area contributed by atoms with Gasteiger partial charge in [0.15, 0.2) is 0 Å². The molecule has 2 aromatic rings. The van der Waals surface area contributed by atoms with Crippen molar-refractivity contribution < 1.29 is 13.2 Å². The van der Waals surface area contributed by atoms with E-state index in [1.807, 2.05) is 6.20 Å². The lowest BCUT2D eigenvalue weighted by Gasteiger charge is -2.28. The summed E-state index contributed by atoms with van der Waals surface area (Å²) in [5.41, 5.74) is 1.36. The molecule has 0 aliphatic carbocycles. The summed E-state index contributed by atoms with van der Waals surface area (Å²) in [5, 5.41) is 2.76. The van der Waals surface area contributed by atoms with Crippen molar-refractivity contribution in [2.75, 3.05) is 20.1 Å². The van der Waals surface area contributed by atoms with Crippen molar-refractivity contribution >= 4 is 15.9 Å². The molecule has 1 N–H and O–H groups in total. The number of amides is 1. The van der Waals surface area contributed by atoms with Gasteiger partial charge in [0.2, 0.25) is 10.0 Å². The number of imidazole rings is 1. The van der Waals surface area contributed by atoms with Gasteiger partial charge in [-0.3, -0.25) is 4.79 Å². The lowest BCUT2D eigenvalue weighted by atomic mass is 10.00. The molecule has 26 heavy (non-hydrogen) atoms. The molecule has 1 atom stereocenters. The van der Waals surface area contributed by atoms with Crippen molar-refractivity contribution in [1.82, 2.24) is 19.2 Å². The standard InChI is InChI=1S/C18H22N4O3S/c1-21(11-13-2-5-17-19-8-9-22(17)12-13)26(24,25)15-4-3-14-6-7-20-18(23)16(14)10-15/h3-4,8-10,13H,2,5-7,11-12H2,1H3,(H,20,23). The maximum atomic E-state index is 13.0. The van der Waals surface area contributed by atoms with Crippen LogP contribution in [0.15, 0.2) is 35.5 Å². The van der Waals surface area contributed by atoms with Crippen LogP contribution in [-0.2, 0) is 29.4 Å². The van der Waals surface area contributed by atoms with Gasteiger partial charge in [-0.1, -0.05) is 6.07 Å². The number of nitrogens with one attached hydrogen (secondary N) is 1. The number of benzene rings is 1. The van der Waals surface area contributed by atoms with Crippen LogP contribution in [0.3, 0.4) is 0 Å². The van der Waals surface area contributed by atoms with Gasteiger partial charge < -0.3 is 9.88 Å². The molecule has 0 spiro atoms. The molecule has 138 valence electrons. The van der Waals surface area contributed by atoms with Crippen molar-refractivity contribution in [1.29, 1.82) is 0 Å². The first-order chi connectivity index (χ1) is 12.4. The van der Waals surface area contributed by atoms with E-state index in [-0.39, 0.29) is 16.7 Å². The Balaban J connectivity index is 1.53. The summed E-state index contributed by atoms with van der Waals surface area (Å²) in [7, 11) is -2.02. The minimum Gasteiger partial charge on any atom is -0.352 e.